The maximum Gasteiger partial charge on any atom is 0.261 e. The standard InChI is InChI=1S/C26H29N3O3S/c1-27-25-12-6-7-18-13-14-22(17-24(18)25)28-33(31,32)23-11-5-9-20(16-23)19-8-4-10-21(15-19)26(30)29(2)3/h4-5,8-11,13-17,25,27-28H,6-7,12H2,1-3H3. The number of amides is 1. The molecule has 1 atom stereocenters. The van der Waals surface area contributed by atoms with Gasteiger partial charge in [-0.1, -0.05) is 30.3 Å². The van der Waals surface area contributed by atoms with Crippen LogP contribution in [0.1, 0.15) is 40.4 Å². The predicted octanol–water partition coefficient (Wildman–Crippen LogP) is 4.45. The molecule has 0 radical (unpaired) electrons. The van der Waals surface area contributed by atoms with E-state index in [1.54, 1.807) is 50.5 Å². The van der Waals surface area contributed by atoms with Gasteiger partial charge in [0.25, 0.3) is 15.9 Å². The summed E-state index contributed by atoms with van der Waals surface area (Å²) >= 11 is 0. The summed E-state index contributed by atoms with van der Waals surface area (Å²) in [6, 6.07) is 20.0. The lowest BCUT2D eigenvalue weighted by Gasteiger charge is -2.26. The average Bonchev–Trinajstić information content (AvgIpc) is 2.83. The fourth-order valence-corrected chi connectivity index (χ4v) is 5.40. The Bertz CT molecular complexity index is 1290. The summed E-state index contributed by atoms with van der Waals surface area (Å²) in [5.41, 5.74) is 5.03. The van der Waals surface area contributed by atoms with Gasteiger partial charge in [0.2, 0.25) is 0 Å². The maximum absolute atomic E-state index is 13.2. The molecule has 33 heavy (non-hydrogen) atoms. The Labute approximate surface area is 195 Å². The van der Waals surface area contributed by atoms with E-state index in [-0.39, 0.29) is 16.8 Å². The molecule has 0 heterocycles. The van der Waals surface area contributed by atoms with Gasteiger partial charge in [-0.15, -0.1) is 0 Å². The molecule has 172 valence electrons. The second-order valence-electron chi connectivity index (χ2n) is 8.56. The fourth-order valence-electron chi connectivity index (χ4n) is 4.31. The zero-order valence-electron chi connectivity index (χ0n) is 19.1. The van der Waals surface area contributed by atoms with Crippen molar-refractivity contribution in [3.63, 3.8) is 0 Å². The SMILES string of the molecule is CNC1CCCc2ccc(NS(=O)(=O)c3cccc(-c4cccc(C(=O)N(C)C)c4)c3)cc21. The second-order valence-corrected chi connectivity index (χ2v) is 10.2. The summed E-state index contributed by atoms with van der Waals surface area (Å²) in [6.07, 6.45) is 3.17. The molecule has 0 fully saturated rings. The molecule has 1 aliphatic carbocycles. The van der Waals surface area contributed by atoms with Crippen LogP contribution in [0.25, 0.3) is 11.1 Å². The van der Waals surface area contributed by atoms with E-state index in [9.17, 15) is 13.2 Å². The minimum atomic E-state index is -3.78. The molecule has 0 saturated carbocycles. The van der Waals surface area contributed by atoms with Gasteiger partial charge in [0.05, 0.1) is 4.90 Å². The monoisotopic (exact) mass is 463 g/mol. The summed E-state index contributed by atoms with van der Waals surface area (Å²) in [5.74, 6) is -0.102. The van der Waals surface area contributed by atoms with Crippen LogP contribution in [0.3, 0.4) is 0 Å². The molecule has 4 rings (SSSR count). The van der Waals surface area contributed by atoms with Crippen molar-refractivity contribution >= 4 is 21.6 Å². The predicted molar refractivity (Wildman–Crippen MR) is 132 cm³/mol. The maximum atomic E-state index is 13.2. The highest BCUT2D eigenvalue weighted by Gasteiger charge is 2.21. The Morgan fingerprint density at radius 1 is 0.970 bits per heavy atom. The molecular formula is C26H29N3O3S. The fraction of sp³-hybridized carbons (Fsp3) is 0.269. The lowest BCUT2D eigenvalue weighted by atomic mass is 9.87. The van der Waals surface area contributed by atoms with Crippen LogP contribution in [-0.2, 0) is 16.4 Å². The van der Waals surface area contributed by atoms with Gasteiger partial charge in [-0.3, -0.25) is 9.52 Å². The topological polar surface area (TPSA) is 78.5 Å². The van der Waals surface area contributed by atoms with Crippen LogP contribution in [0.15, 0.2) is 71.6 Å². The van der Waals surface area contributed by atoms with E-state index in [0.29, 0.717) is 11.3 Å². The van der Waals surface area contributed by atoms with Gasteiger partial charge in [0.1, 0.15) is 0 Å². The van der Waals surface area contributed by atoms with Crippen molar-refractivity contribution in [2.75, 3.05) is 25.9 Å². The number of nitrogens with one attached hydrogen (secondary N) is 2. The lowest BCUT2D eigenvalue weighted by molar-refractivity contribution is 0.0827. The highest BCUT2D eigenvalue weighted by atomic mass is 32.2. The summed E-state index contributed by atoms with van der Waals surface area (Å²) in [5, 5.41) is 3.32. The number of fused-ring (bicyclic) bond motifs is 1. The summed E-state index contributed by atoms with van der Waals surface area (Å²) < 4.78 is 29.1. The summed E-state index contributed by atoms with van der Waals surface area (Å²) in [7, 11) is 1.56. The number of rotatable bonds is 6. The Balaban J connectivity index is 1.62. The number of anilines is 1. The largest absolute Gasteiger partial charge is 0.345 e. The first-order valence-electron chi connectivity index (χ1n) is 11.0. The average molecular weight is 464 g/mol. The molecule has 1 unspecified atom stereocenters. The van der Waals surface area contributed by atoms with Crippen LogP contribution in [-0.4, -0.2) is 40.4 Å². The molecule has 0 saturated heterocycles. The Morgan fingerprint density at radius 2 is 1.70 bits per heavy atom. The van der Waals surface area contributed by atoms with Crippen molar-refractivity contribution in [1.82, 2.24) is 10.2 Å². The minimum absolute atomic E-state index is 0.102. The summed E-state index contributed by atoms with van der Waals surface area (Å²) in [4.78, 5) is 14.0. The van der Waals surface area contributed by atoms with Crippen molar-refractivity contribution < 1.29 is 13.2 Å². The van der Waals surface area contributed by atoms with E-state index in [1.165, 1.54) is 10.5 Å². The first kappa shape index (κ1) is 23.0. The molecule has 1 aliphatic rings. The van der Waals surface area contributed by atoms with Crippen molar-refractivity contribution in [1.29, 1.82) is 0 Å². The van der Waals surface area contributed by atoms with E-state index in [2.05, 4.69) is 10.0 Å². The van der Waals surface area contributed by atoms with E-state index < -0.39 is 10.0 Å². The van der Waals surface area contributed by atoms with Crippen LogP contribution in [0, 0.1) is 0 Å². The quantitative estimate of drug-likeness (QED) is 0.566. The lowest BCUT2D eigenvalue weighted by Crippen LogP contribution is -2.22. The molecule has 3 aromatic carbocycles. The third kappa shape index (κ3) is 4.94. The summed E-state index contributed by atoms with van der Waals surface area (Å²) in [6.45, 7) is 0. The highest BCUT2D eigenvalue weighted by molar-refractivity contribution is 7.92. The number of hydrogen-bond acceptors (Lipinski definition) is 4. The van der Waals surface area contributed by atoms with Crippen molar-refractivity contribution in [2.45, 2.75) is 30.2 Å². The van der Waals surface area contributed by atoms with E-state index in [4.69, 9.17) is 0 Å². The first-order valence-corrected chi connectivity index (χ1v) is 12.5. The van der Waals surface area contributed by atoms with Crippen LogP contribution in [0.2, 0.25) is 0 Å². The van der Waals surface area contributed by atoms with Gasteiger partial charge in [0.15, 0.2) is 0 Å². The molecule has 3 aromatic rings. The number of carbonyl (C=O) groups excluding carboxylic acids is 1. The number of nitrogens with zero attached hydrogens (tertiary/aromatic N) is 1. The van der Waals surface area contributed by atoms with Gasteiger partial charge in [0, 0.05) is 31.4 Å². The van der Waals surface area contributed by atoms with Gasteiger partial charge < -0.3 is 10.2 Å². The minimum Gasteiger partial charge on any atom is -0.345 e. The zero-order valence-corrected chi connectivity index (χ0v) is 19.9. The first-order chi connectivity index (χ1) is 15.8. The smallest absolute Gasteiger partial charge is 0.261 e. The van der Waals surface area contributed by atoms with Crippen molar-refractivity contribution in [2.24, 2.45) is 0 Å². The van der Waals surface area contributed by atoms with Crippen LogP contribution >= 0.6 is 0 Å². The third-order valence-electron chi connectivity index (χ3n) is 6.05. The molecule has 6 nitrogen and oxygen atoms in total. The van der Waals surface area contributed by atoms with Crippen molar-refractivity contribution in [3.8, 4) is 11.1 Å². The van der Waals surface area contributed by atoms with Gasteiger partial charge in [-0.2, -0.15) is 0 Å². The van der Waals surface area contributed by atoms with E-state index in [1.807, 2.05) is 37.4 Å². The highest BCUT2D eigenvalue weighted by Crippen LogP contribution is 2.32. The molecule has 0 bridgehead atoms. The van der Waals surface area contributed by atoms with Crippen molar-refractivity contribution in [3.05, 3.63) is 83.4 Å². The van der Waals surface area contributed by atoms with Gasteiger partial charge in [-0.25, -0.2) is 8.42 Å². The number of sulfonamides is 1. The Kier molecular flexibility index (Phi) is 6.54. The molecule has 7 heteroatoms. The molecule has 1 amide bonds. The zero-order chi connectivity index (χ0) is 23.6. The van der Waals surface area contributed by atoms with E-state index >= 15 is 0 Å². The third-order valence-corrected chi connectivity index (χ3v) is 7.43. The molecule has 0 aliphatic heterocycles. The van der Waals surface area contributed by atoms with Gasteiger partial charge in [-0.05, 0) is 85.0 Å². The van der Waals surface area contributed by atoms with Gasteiger partial charge >= 0.3 is 0 Å². The van der Waals surface area contributed by atoms with E-state index in [0.717, 1.165) is 36.0 Å². The van der Waals surface area contributed by atoms with Crippen LogP contribution < -0.4 is 10.0 Å². The molecular weight excluding hydrogens is 434 g/mol. The molecule has 0 spiro atoms. The van der Waals surface area contributed by atoms with Crippen LogP contribution in [0.5, 0.6) is 0 Å². The van der Waals surface area contributed by atoms with Crippen LogP contribution in [0.4, 0.5) is 5.69 Å². The number of hydrogen-bond donors (Lipinski definition) is 2. The Hall–Kier alpha value is -3.16. The Morgan fingerprint density at radius 3 is 2.42 bits per heavy atom. The number of benzene rings is 3. The normalized spacial score (nSPS) is 15.5. The second kappa shape index (κ2) is 9.37. The number of aryl methyl sites for hydroxylation is 1. The molecule has 0 aromatic heterocycles. The molecule has 2 N–H and O–H groups in total. The number of carbonyl (C=O) groups is 1.